The monoisotopic (exact) mass is 433 g/mol. The van der Waals surface area contributed by atoms with E-state index in [0.29, 0.717) is 45.4 Å². The van der Waals surface area contributed by atoms with Crippen LogP contribution in [0.15, 0.2) is 72.8 Å². The van der Waals surface area contributed by atoms with Gasteiger partial charge in [0.05, 0.1) is 39.6 Å². The molecule has 0 amide bonds. The van der Waals surface area contributed by atoms with Crippen molar-refractivity contribution in [2.75, 3.05) is 52.7 Å². The lowest BCUT2D eigenvalue weighted by atomic mass is 9.94. The van der Waals surface area contributed by atoms with Crippen LogP contribution in [0.5, 0.6) is 5.75 Å². The summed E-state index contributed by atoms with van der Waals surface area (Å²) in [6, 6.07) is 24.3. The van der Waals surface area contributed by atoms with Crippen LogP contribution in [0.25, 0.3) is 22.3 Å². The molecule has 0 aromatic heterocycles. The third-order valence-electron chi connectivity index (χ3n) is 5.59. The third kappa shape index (κ3) is 6.17. The molecule has 1 aliphatic rings. The second-order valence-electron chi connectivity index (χ2n) is 7.88. The molecule has 3 aromatic rings. The van der Waals surface area contributed by atoms with Gasteiger partial charge in [0.15, 0.2) is 0 Å². The smallest absolute Gasteiger partial charge is 0.131 e. The minimum absolute atomic E-state index is 0.312. The number of phenols is 1. The Bertz CT molecular complexity index is 889. The van der Waals surface area contributed by atoms with Crippen molar-refractivity contribution in [3.8, 4) is 28.0 Å². The molecule has 0 aliphatic carbocycles. The van der Waals surface area contributed by atoms with Gasteiger partial charge in [0.25, 0.3) is 0 Å². The highest BCUT2D eigenvalue weighted by atomic mass is 16.5. The van der Waals surface area contributed by atoms with E-state index in [1.54, 1.807) is 0 Å². The average Bonchev–Trinajstić information content (AvgIpc) is 2.83. The van der Waals surface area contributed by atoms with Gasteiger partial charge in [-0.25, -0.2) is 0 Å². The summed E-state index contributed by atoms with van der Waals surface area (Å²) in [6.07, 6.45) is 0. The van der Waals surface area contributed by atoms with Crippen molar-refractivity contribution in [2.45, 2.75) is 6.54 Å². The summed E-state index contributed by atoms with van der Waals surface area (Å²) >= 11 is 0. The SMILES string of the molecule is Oc1c(-c2ccccc2)cc(CN2CCOCCOCCOCC2)cc1-c1ccccc1. The molecule has 32 heavy (non-hydrogen) atoms. The van der Waals surface area contributed by atoms with Crippen LogP contribution in [-0.4, -0.2) is 62.7 Å². The molecule has 0 unspecified atom stereocenters. The molecule has 1 N–H and O–H groups in total. The number of hydrogen-bond donors (Lipinski definition) is 1. The minimum Gasteiger partial charge on any atom is -0.507 e. The van der Waals surface area contributed by atoms with E-state index >= 15 is 0 Å². The lowest BCUT2D eigenvalue weighted by Crippen LogP contribution is -2.32. The van der Waals surface area contributed by atoms with E-state index in [4.69, 9.17) is 14.2 Å². The molecule has 3 aromatic carbocycles. The van der Waals surface area contributed by atoms with E-state index in [-0.39, 0.29) is 0 Å². The average molecular weight is 434 g/mol. The van der Waals surface area contributed by atoms with E-state index in [9.17, 15) is 5.11 Å². The Balaban J connectivity index is 1.63. The van der Waals surface area contributed by atoms with Gasteiger partial charge in [-0.05, 0) is 28.8 Å². The molecule has 1 heterocycles. The fraction of sp³-hybridized carbons (Fsp3) is 0.333. The maximum atomic E-state index is 11.2. The lowest BCUT2D eigenvalue weighted by molar-refractivity contribution is -0.00689. The fourth-order valence-electron chi connectivity index (χ4n) is 3.92. The molecule has 1 aliphatic heterocycles. The Morgan fingerprint density at radius 3 is 1.53 bits per heavy atom. The predicted octanol–water partition coefficient (Wildman–Crippen LogP) is 4.59. The largest absolute Gasteiger partial charge is 0.507 e. The van der Waals surface area contributed by atoms with Crippen molar-refractivity contribution in [3.63, 3.8) is 0 Å². The lowest BCUT2D eigenvalue weighted by Gasteiger charge is -2.24. The molecule has 5 heteroatoms. The highest BCUT2D eigenvalue weighted by molar-refractivity contribution is 5.82. The quantitative estimate of drug-likeness (QED) is 0.652. The van der Waals surface area contributed by atoms with Gasteiger partial charge in [-0.3, -0.25) is 4.90 Å². The third-order valence-corrected chi connectivity index (χ3v) is 5.59. The normalized spacial score (nSPS) is 16.8. The molecule has 4 rings (SSSR count). The highest BCUT2D eigenvalue weighted by Crippen LogP contribution is 2.39. The van der Waals surface area contributed by atoms with E-state index in [2.05, 4.69) is 17.0 Å². The first-order chi connectivity index (χ1) is 15.8. The Hall–Kier alpha value is -2.70. The van der Waals surface area contributed by atoms with Gasteiger partial charge in [0, 0.05) is 30.8 Å². The standard InChI is InChI=1S/C27H31NO4/c29-27-25(23-7-3-1-4-8-23)19-22(20-26(27)24-9-5-2-6-10-24)21-28-11-13-30-15-17-32-18-16-31-14-12-28/h1-10,19-20,29H,11-18,21H2. The summed E-state index contributed by atoms with van der Waals surface area (Å²) in [5.41, 5.74) is 4.85. The van der Waals surface area contributed by atoms with Gasteiger partial charge in [-0.2, -0.15) is 0 Å². The number of hydrogen-bond acceptors (Lipinski definition) is 5. The van der Waals surface area contributed by atoms with Crippen LogP contribution in [0, 0.1) is 0 Å². The van der Waals surface area contributed by atoms with Crippen LogP contribution < -0.4 is 0 Å². The molecule has 5 nitrogen and oxygen atoms in total. The first kappa shape index (κ1) is 22.5. The maximum Gasteiger partial charge on any atom is 0.131 e. The number of rotatable bonds is 4. The molecule has 0 radical (unpaired) electrons. The van der Waals surface area contributed by atoms with Crippen molar-refractivity contribution >= 4 is 0 Å². The summed E-state index contributed by atoms with van der Waals surface area (Å²) in [7, 11) is 0. The number of phenolic OH excluding ortho intramolecular Hbond substituents is 1. The molecule has 1 saturated heterocycles. The van der Waals surface area contributed by atoms with E-state index in [1.807, 2.05) is 60.7 Å². The van der Waals surface area contributed by atoms with Crippen LogP contribution in [-0.2, 0) is 20.8 Å². The van der Waals surface area contributed by atoms with Crippen LogP contribution in [0.3, 0.4) is 0 Å². The topological polar surface area (TPSA) is 51.2 Å². The molecule has 168 valence electrons. The van der Waals surface area contributed by atoms with Gasteiger partial charge in [0.1, 0.15) is 5.75 Å². The first-order valence-electron chi connectivity index (χ1n) is 11.2. The molecule has 0 saturated carbocycles. The molecular formula is C27H31NO4. The summed E-state index contributed by atoms with van der Waals surface area (Å²) in [4.78, 5) is 2.35. The number of ether oxygens (including phenoxy) is 3. The fourth-order valence-corrected chi connectivity index (χ4v) is 3.92. The van der Waals surface area contributed by atoms with Gasteiger partial charge in [-0.15, -0.1) is 0 Å². The molecule has 0 bridgehead atoms. The number of aromatic hydroxyl groups is 1. The van der Waals surface area contributed by atoms with Crippen molar-refractivity contribution in [1.29, 1.82) is 0 Å². The summed E-state index contributed by atoms with van der Waals surface area (Å²) in [6.45, 7) is 6.08. The molecule has 0 spiro atoms. The Morgan fingerprint density at radius 1 is 0.625 bits per heavy atom. The minimum atomic E-state index is 0.312. The van der Waals surface area contributed by atoms with Gasteiger partial charge in [-0.1, -0.05) is 60.7 Å². The zero-order valence-corrected chi connectivity index (χ0v) is 18.4. The zero-order valence-electron chi connectivity index (χ0n) is 18.4. The summed E-state index contributed by atoms with van der Waals surface area (Å²) < 4.78 is 16.9. The van der Waals surface area contributed by atoms with Crippen LogP contribution in [0.1, 0.15) is 5.56 Å². The molecule has 0 atom stereocenters. The van der Waals surface area contributed by atoms with Crippen LogP contribution >= 0.6 is 0 Å². The van der Waals surface area contributed by atoms with Gasteiger partial charge >= 0.3 is 0 Å². The van der Waals surface area contributed by atoms with Crippen molar-refractivity contribution < 1.29 is 19.3 Å². The van der Waals surface area contributed by atoms with Gasteiger partial charge < -0.3 is 19.3 Å². The molecular weight excluding hydrogens is 402 g/mol. The number of nitrogens with zero attached hydrogens (tertiary/aromatic N) is 1. The van der Waals surface area contributed by atoms with E-state index in [1.165, 1.54) is 0 Å². The first-order valence-corrected chi connectivity index (χ1v) is 11.2. The second-order valence-corrected chi connectivity index (χ2v) is 7.88. The highest BCUT2D eigenvalue weighted by Gasteiger charge is 2.15. The van der Waals surface area contributed by atoms with Crippen LogP contribution in [0.2, 0.25) is 0 Å². The van der Waals surface area contributed by atoms with Gasteiger partial charge in [0.2, 0.25) is 0 Å². The summed E-state index contributed by atoms with van der Waals surface area (Å²) in [5, 5.41) is 11.2. The van der Waals surface area contributed by atoms with E-state index in [0.717, 1.165) is 47.5 Å². The Morgan fingerprint density at radius 2 is 1.06 bits per heavy atom. The van der Waals surface area contributed by atoms with E-state index < -0.39 is 0 Å². The van der Waals surface area contributed by atoms with Crippen molar-refractivity contribution in [3.05, 3.63) is 78.4 Å². The molecule has 1 fully saturated rings. The predicted molar refractivity (Wildman–Crippen MR) is 127 cm³/mol. The maximum absolute atomic E-state index is 11.2. The van der Waals surface area contributed by atoms with Crippen molar-refractivity contribution in [2.24, 2.45) is 0 Å². The Kier molecular flexibility index (Phi) is 8.29. The van der Waals surface area contributed by atoms with Crippen LogP contribution in [0.4, 0.5) is 0 Å². The summed E-state index contributed by atoms with van der Waals surface area (Å²) in [5.74, 6) is 0.312. The zero-order chi connectivity index (χ0) is 22.0. The number of benzene rings is 3. The Labute approximate surface area is 190 Å². The van der Waals surface area contributed by atoms with Crippen molar-refractivity contribution in [1.82, 2.24) is 4.90 Å². The second kappa shape index (κ2) is 11.8.